The van der Waals surface area contributed by atoms with E-state index in [1.54, 1.807) is 0 Å². The van der Waals surface area contributed by atoms with Gasteiger partial charge in [-0.05, 0) is 0 Å². The van der Waals surface area contributed by atoms with E-state index in [-0.39, 0.29) is 15.2 Å². The summed E-state index contributed by atoms with van der Waals surface area (Å²) in [4.78, 5) is 8.52. The van der Waals surface area contributed by atoms with Gasteiger partial charge < -0.3 is 0 Å². The molecule has 13 heavy (non-hydrogen) atoms. The van der Waals surface area contributed by atoms with Crippen LogP contribution in [-0.4, -0.2) is 9.97 Å². The van der Waals surface area contributed by atoms with Crippen LogP contribution in [0.15, 0.2) is 48.8 Å². The molecule has 0 atom stereocenters. The number of aromatic nitrogens is 2. The van der Waals surface area contributed by atoms with Crippen LogP contribution in [0.2, 0.25) is 0 Å². The maximum absolute atomic E-state index is 4.26. The van der Waals surface area contributed by atoms with Crippen molar-refractivity contribution >= 4 is 9.11 Å². The van der Waals surface area contributed by atoms with E-state index in [0.717, 1.165) is 9.11 Å². The molecule has 0 unspecified atom stereocenters. The van der Waals surface area contributed by atoms with Gasteiger partial charge in [0.1, 0.15) is 0 Å². The summed E-state index contributed by atoms with van der Waals surface area (Å²) in [6, 6.07) is 11.9. The number of hydrogen-bond donors (Lipinski definition) is 0. The van der Waals surface area contributed by atoms with Crippen LogP contribution in [0.3, 0.4) is 0 Å². The molecule has 64 valence electrons. The summed E-state index contributed by atoms with van der Waals surface area (Å²) < 4.78 is 2.24. The molecule has 2 rings (SSSR count). The molecule has 2 nitrogen and oxygen atoms in total. The van der Waals surface area contributed by atoms with E-state index in [9.17, 15) is 0 Å². The summed E-state index contributed by atoms with van der Waals surface area (Å²) in [5, 5.41) is 0. The van der Waals surface area contributed by atoms with E-state index < -0.39 is 0 Å². The second-order valence-electron chi connectivity index (χ2n) is 2.44. The van der Waals surface area contributed by atoms with Gasteiger partial charge in [0.25, 0.3) is 0 Å². The van der Waals surface area contributed by atoms with Crippen LogP contribution in [-0.2, 0) is 15.2 Å². The summed E-state index contributed by atoms with van der Waals surface area (Å²) in [6.07, 6.45) is 3.64. The van der Waals surface area contributed by atoms with Gasteiger partial charge in [-0.15, -0.1) is 0 Å². The molecule has 0 bridgehead atoms. The Hall–Kier alpha value is -1.17. The van der Waals surface area contributed by atoms with Crippen LogP contribution in [0.1, 0.15) is 0 Å². The summed E-state index contributed by atoms with van der Waals surface area (Å²) in [7, 11) is 0. The minimum atomic E-state index is 0.239. The van der Waals surface area contributed by atoms with Gasteiger partial charge in [-0.25, -0.2) is 0 Å². The number of pyridine rings is 2. The van der Waals surface area contributed by atoms with Gasteiger partial charge >= 0.3 is 83.1 Å². The first kappa shape index (κ1) is 8.43. The van der Waals surface area contributed by atoms with Crippen molar-refractivity contribution in [1.82, 2.24) is 9.97 Å². The molecule has 2 heterocycles. The fraction of sp³-hybridized carbons (Fsp3) is 0. The van der Waals surface area contributed by atoms with Gasteiger partial charge in [0.2, 0.25) is 0 Å². The van der Waals surface area contributed by atoms with E-state index in [4.69, 9.17) is 0 Å². The van der Waals surface area contributed by atoms with Crippen molar-refractivity contribution in [2.45, 2.75) is 0 Å². The quantitative estimate of drug-likeness (QED) is 0.718. The van der Waals surface area contributed by atoms with E-state index in [1.165, 1.54) is 0 Å². The summed E-state index contributed by atoms with van der Waals surface area (Å²) in [5.74, 6) is 0. The first-order valence-electron chi connectivity index (χ1n) is 3.95. The molecule has 3 heteroatoms. The minimum absolute atomic E-state index is 0.239. The monoisotopic (exact) mass is 208 g/mol. The predicted molar refractivity (Wildman–Crippen MR) is 47.7 cm³/mol. The normalized spacial score (nSPS) is 9.85. The zero-order chi connectivity index (χ0) is 8.93. The summed E-state index contributed by atoms with van der Waals surface area (Å²) >= 11 is 0.239. The molecule has 0 aliphatic heterocycles. The Morgan fingerprint density at radius 3 is 1.69 bits per heavy atom. The van der Waals surface area contributed by atoms with Crippen molar-refractivity contribution in [3.8, 4) is 0 Å². The Labute approximate surface area is 83.4 Å². The van der Waals surface area contributed by atoms with Crippen LogP contribution < -0.4 is 9.11 Å². The standard InChI is InChI=1S/2C5H4N.Cr/c2*1-2-4-6-5-3-1;/h2*1-4H;. The molecule has 0 fully saturated rings. The van der Waals surface area contributed by atoms with Crippen molar-refractivity contribution in [3.63, 3.8) is 0 Å². The Morgan fingerprint density at radius 1 is 0.769 bits per heavy atom. The summed E-state index contributed by atoms with van der Waals surface area (Å²) in [5.41, 5.74) is 0. The van der Waals surface area contributed by atoms with Gasteiger partial charge in [-0.1, -0.05) is 0 Å². The summed E-state index contributed by atoms with van der Waals surface area (Å²) in [6.45, 7) is 0. The van der Waals surface area contributed by atoms with Crippen molar-refractivity contribution < 1.29 is 15.2 Å². The van der Waals surface area contributed by atoms with Gasteiger partial charge in [0.15, 0.2) is 0 Å². The molecule has 0 amide bonds. The Balaban J connectivity index is 2.16. The molecular formula is C10H8CrN2. The zero-order valence-electron chi connectivity index (χ0n) is 6.92. The number of hydrogen-bond acceptors (Lipinski definition) is 2. The van der Waals surface area contributed by atoms with E-state index >= 15 is 0 Å². The molecule has 0 aliphatic rings. The Morgan fingerprint density at radius 2 is 1.31 bits per heavy atom. The Bertz CT molecular complexity index is 324. The van der Waals surface area contributed by atoms with Crippen molar-refractivity contribution in [2.24, 2.45) is 0 Å². The topological polar surface area (TPSA) is 25.8 Å². The predicted octanol–water partition coefficient (Wildman–Crippen LogP) is 0.510. The number of rotatable bonds is 2. The van der Waals surface area contributed by atoms with Crippen molar-refractivity contribution in [1.29, 1.82) is 0 Å². The maximum atomic E-state index is 4.26. The third kappa shape index (κ3) is 2.38. The molecule has 0 N–H and O–H groups in total. The second kappa shape index (κ2) is 4.18. The Kier molecular flexibility index (Phi) is 2.71. The average Bonchev–Trinajstić information content (AvgIpc) is 2.21. The van der Waals surface area contributed by atoms with Crippen LogP contribution in [0.4, 0.5) is 0 Å². The second-order valence-corrected chi connectivity index (χ2v) is 4.06. The first-order chi connectivity index (χ1) is 6.45. The van der Waals surface area contributed by atoms with E-state index in [0.29, 0.717) is 0 Å². The van der Waals surface area contributed by atoms with E-state index in [1.807, 2.05) is 48.8 Å². The molecule has 0 aliphatic carbocycles. The SMILES string of the molecule is c1cc[c]([Cr][c]2ccccn2)nc1. The molecule has 0 radical (unpaired) electrons. The molecule has 0 spiro atoms. The molecule has 0 aromatic carbocycles. The van der Waals surface area contributed by atoms with Crippen LogP contribution >= 0.6 is 0 Å². The zero-order valence-corrected chi connectivity index (χ0v) is 8.20. The average molecular weight is 208 g/mol. The van der Waals surface area contributed by atoms with Gasteiger partial charge in [-0.3, -0.25) is 0 Å². The van der Waals surface area contributed by atoms with Gasteiger partial charge in [-0.2, -0.15) is 0 Å². The molecule has 0 saturated heterocycles. The van der Waals surface area contributed by atoms with E-state index in [2.05, 4.69) is 9.97 Å². The van der Waals surface area contributed by atoms with Crippen molar-refractivity contribution in [3.05, 3.63) is 48.8 Å². The third-order valence-corrected chi connectivity index (χ3v) is 2.89. The van der Waals surface area contributed by atoms with Gasteiger partial charge in [0, 0.05) is 0 Å². The first-order valence-corrected chi connectivity index (χ1v) is 5.22. The van der Waals surface area contributed by atoms with Crippen LogP contribution in [0.5, 0.6) is 0 Å². The van der Waals surface area contributed by atoms with Gasteiger partial charge in [0.05, 0.1) is 0 Å². The van der Waals surface area contributed by atoms with Crippen LogP contribution in [0, 0.1) is 0 Å². The fourth-order valence-electron chi connectivity index (χ4n) is 0.922. The molecular weight excluding hydrogens is 200 g/mol. The number of nitrogens with zero attached hydrogens (tertiary/aromatic N) is 2. The molecule has 0 saturated carbocycles. The third-order valence-electron chi connectivity index (χ3n) is 1.48. The van der Waals surface area contributed by atoms with Crippen LogP contribution in [0.25, 0.3) is 0 Å². The molecule has 2 aromatic heterocycles. The fourth-order valence-corrected chi connectivity index (χ4v) is 2.07. The van der Waals surface area contributed by atoms with Crippen molar-refractivity contribution in [2.75, 3.05) is 0 Å². The molecule has 2 aromatic rings.